The van der Waals surface area contributed by atoms with Crippen LogP contribution in [0.1, 0.15) is 35.4 Å². The molecule has 0 aliphatic rings. The van der Waals surface area contributed by atoms with Gasteiger partial charge in [-0.25, -0.2) is 0 Å². The fourth-order valence-electron chi connectivity index (χ4n) is 1.64. The average Bonchev–Trinajstić information content (AvgIpc) is 2.51. The van der Waals surface area contributed by atoms with Crippen LogP contribution in [0.15, 0.2) is 10.5 Å². The van der Waals surface area contributed by atoms with Gasteiger partial charge in [-0.05, 0) is 61.8 Å². The van der Waals surface area contributed by atoms with E-state index in [0.29, 0.717) is 0 Å². The van der Waals surface area contributed by atoms with Crippen LogP contribution in [-0.2, 0) is 6.42 Å². The third kappa shape index (κ3) is 5.14. The molecule has 0 saturated heterocycles. The van der Waals surface area contributed by atoms with E-state index in [-0.39, 0.29) is 0 Å². The van der Waals surface area contributed by atoms with Gasteiger partial charge in [0.05, 0.1) is 0 Å². The standard InChI is InChI=1S/C12H20BrNS/c1-10-9-11(13)12(15-10)7-5-3-4-6-8-14-2/h9,14H,3-8H2,1-2H3. The number of thiophene rings is 1. The van der Waals surface area contributed by atoms with Crippen LogP contribution in [0.2, 0.25) is 0 Å². The van der Waals surface area contributed by atoms with Gasteiger partial charge in [0.25, 0.3) is 0 Å². The molecule has 0 radical (unpaired) electrons. The van der Waals surface area contributed by atoms with Gasteiger partial charge >= 0.3 is 0 Å². The van der Waals surface area contributed by atoms with E-state index in [4.69, 9.17) is 0 Å². The zero-order chi connectivity index (χ0) is 11.1. The second kappa shape index (κ2) is 7.42. The van der Waals surface area contributed by atoms with Crippen LogP contribution < -0.4 is 5.32 Å². The van der Waals surface area contributed by atoms with Crippen LogP contribution in [0.3, 0.4) is 0 Å². The highest BCUT2D eigenvalue weighted by molar-refractivity contribution is 9.10. The molecule has 0 spiro atoms. The largest absolute Gasteiger partial charge is 0.320 e. The number of nitrogens with one attached hydrogen (secondary N) is 1. The molecule has 0 atom stereocenters. The summed E-state index contributed by atoms with van der Waals surface area (Å²) in [6.07, 6.45) is 6.57. The van der Waals surface area contributed by atoms with E-state index in [0.717, 1.165) is 6.54 Å². The van der Waals surface area contributed by atoms with Crippen molar-refractivity contribution in [3.63, 3.8) is 0 Å². The van der Waals surface area contributed by atoms with Gasteiger partial charge in [0, 0.05) is 14.2 Å². The lowest BCUT2D eigenvalue weighted by Gasteiger charge is -2.00. The number of rotatable bonds is 7. The maximum atomic E-state index is 3.61. The van der Waals surface area contributed by atoms with E-state index >= 15 is 0 Å². The maximum absolute atomic E-state index is 3.61. The van der Waals surface area contributed by atoms with Gasteiger partial charge in [-0.1, -0.05) is 12.8 Å². The van der Waals surface area contributed by atoms with Gasteiger partial charge in [0.2, 0.25) is 0 Å². The summed E-state index contributed by atoms with van der Waals surface area (Å²) >= 11 is 5.53. The molecule has 1 heterocycles. The Hall–Kier alpha value is 0.140. The average molecular weight is 290 g/mol. The number of hydrogen-bond acceptors (Lipinski definition) is 2. The van der Waals surface area contributed by atoms with Crippen molar-refractivity contribution in [1.29, 1.82) is 0 Å². The van der Waals surface area contributed by atoms with Gasteiger partial charge in [0.1, 0.15) is 0 Å². The summed E-state index contributed by atoms with van der Waals surface area (Å²) in [5, 5.41) is 3.18. The first-order valence-electron chi connectivity index (χ1n) is 5.63. The Kier molecular flexibility index (Phi) is 6.53. The molecule has 1 nitrogen and oxygen atoms in total. The quantitative estimate of drug-likeness (QED) is 0.744. The molecular weight excluding hydrogens is 270 g/mol. The van der Waals surface area contributed by atoms with E-state index in [1.54, 1.807) is 0 Å². The molecule has 15 heavy (non-hydrogen) atoms. The van der Waals surface area contributed by atoms with E-state index in [9.17, 15) is 0 Å². The lowest BCUT2D eigenvalue weighted by Crippen LogP contribution is -2.06. The summed E-state index contributed by atoms with van der Waals surface area (Å²) < 4.78 is 1.31. The van der Waals surface area contributed by atoms with Gasteiger partial charge < -0.3 is 5.32 Å². The van der Waals surface area contributed by atoms with Crippen LogP contribution >= 0.6 is 27.3 Å². The fourth-order valence-corrected chi connectivity index (χ4v) is 3.55. The Balaban J connectivity index is 2.12. The molecule has 0 aliphatic carbocycles. The number of unbranched alkanes of at least 4 members (excludes halogenated alkanes) is 3. The second-order valence-electron chi connectivity index (χ2n) is 3.90. The molecule has 3 heteroatoms. The number of aryl methyl sites for hydroxylation is 2. The van der Waals surface area contributed by atoms with Crippen molar-refractivity contribution < 1.29 is 0 Å². The number of hydrogen-bond donors (Lipinski definition) is 1. The smallest absolute Gasteiger partial charge is 0.0317 e. The van der Waals surface area contributed by atoms with Crippen LogP contribution in [-0.4, -0.2) is 13.6 Å². The molecule has 1 aromatic rings. The lowest BCUT2D eigenvalue weighted by atomic mass is 10.1. The van der Waals surface area contributed by atoms with E-state index in [1.807, 2.05) is 18.4 Å². The highest BCUT2D eigenvalue weighted by atomic mass is 79.9. The Morgan fingerprint density at radius 2 is 2.00 bits per heavy atom. The molecular formula is C12H20BrNS. The van der Waals surface area contributed by atoms with Crippen molar-refractivity contribution >= 4 is 27.3 Å². The Morgan fingerprint density at radius 1 is 1.27 bits per heavy atom. The molecule has 1 aromatic heterocycles. The Bertz CT molecular complexity index is 283. The molecule has 1 rings (SSSR count). The van der Waals surface area contributed by atoms with Crippen molar-refractivity contribution in [3.05, 3.63) is 20.3 Å². The molecule has 0 aliphatic heterocycles. The van der Waals surface area contributed by atoms with E-state index in [2.05, 4.69) is 34.2 Å². The SMILES string of the molecule is CNCCCCCCc1sc(C)cc1Br. The summed E-state index contributed by atoms with van der Waals surface area (Å²) in [6, 6.07) is 2.22. The Morgan fingerprint density at radius 3 is 2.60 bits per heavy atom. The minimum absolute atomic E-state index is 1.15. The molecule has 0 unspecified atom stereocenters. The highest BCUT2D eigenvalue weighted by Gasteiger charge is 2.03. The minimum atomic E-state index is 1.15. The first-order valence-corrected chi connectivity index (χ1v) is 7.24. The fraction of sp³-hybridized carbons (Fsp3) is 0.667. The predicted molar refractivity (Wildman–Crippen MR) is 72.9 cm³/mol. The van der Waals surface area contributed by atoms with Crippen LogP contribution in [0.25, 0.3) is 0 Å². The summed E-state index contributed by atoms with van der Waals surface area (Å²) in [4.78, 5) is 2.92. The third-order valence-electron chi connectivity index (χ3n) is 2.46. The number of halogens is 1. The van der Waals surface area contributed by atoms with Crippen molar-refractivity contribution in [3.8, 4) is 0 Å². The van der Waals surface area contributed by atoms with E-state index < -0.39 is 0 Å². The molecule has 0 bridgehead atoms. The van der Waals surface area contributed by atoms with E-state index in [1.165, 1.54) is 46.3 Å². The topological polar surface area (TPSA) is 12.0 Å². The maximum Gasteiger partial charge on any atom is 0.0317 e. The molecule has 86 valence electrons. The molecule has 0 amide bonds. The van der Waals surface area contributed by atoms with Crippen LogP contribution in [0.5, 0.6) is 0 Å². The van der Waals surface area contributed by atoms with Crippen molar-refractivity contribution in [2.24, 2.45) is 0 Å². The predicted octanol–water partition coefficient (Wildman–Crippen LogP) is 4.14. The zero-order valence-corrected chi connectivity index (χ0v) is 12.0. The lowest BCUT2D eigenvalue weighted by molar-refractivity contribution is 0.618. The second-order valence-corrected chi connectivity index (χ2v) is 6.09. The van der Waals surface area contributed by atoms with Crippen molar-refractivity contribution in [1.82, 2.24) is 5.32 Å². The normalized spacial score (nSPS) is 10.9. The first kappa shape index (κ1) is 13.2. The van der Waals surface area contributed by atoms with Crippen molar-refractivity contribution in [2.45, 2.75) is 39.0 Å². The zero-order valence-electron chi connectivity index (χ0n) is 9.61. The summed E-state index contributed by atoms with van der Waals surface area (Å²) in [7, 11) is 2.02. The first-order chi connectivity index (χ1) is 7.24. The summed E-state index contributed by atoms with van der Waals surface area (Å²) in [5.74, 6) is 0. The van der Waals surface area contributed by atoms with Crippen molar-refractivity contribution in [2.75, 3.05) is 13.6 Å². The van der Waals surface area contributed by atoms with Gasteiger partial charge in [-0.15, -0.1) is 11.3 Å². The van der Waals surface area contributed by atoms with Crippen LogP contribution in [0.4, 0.5) is 0 Å². The third-order valence-corrected chi connectivity index (χ3v) is 4.54. The Labute approximate surface area is 105 Å². The molecule has 0 fully saturated rings. The molecule has 0 saturated carbocycles. The van der Waals surface area contributed by atoms with Gasteiger partial charge in [-0.3, -0.25) is 0 Å². The van der Waals surface area contributed by atoms with Gasteiger partial charge in [0.15, 0.2) is 0 Å². The van der Waals surface area contributed by atoms with Crippen LogP contribution in [0, 0.1) is 6.92 Å². The van der Waals surface area contributed by atoms with Gasteiger partial charge in [-0.2, -0.15) is 0 Å². The molecule has 0 aromatic carbocycles. The highest BCUT2D eigenvalue weighted by Crippen LogP contribution is 2.28. The molecule has 1 N–H and O–H groups in total. The monoisotopic (exact) mass is 289 g/mol. The summed E-state index contributed by atoms with van der Waals surface area (Å²) in [6.45, 7) is 3.33. The summed E-state index contributed by atoms with van der Waals surface area (Å²) in [5.41, 5.74) is 0. The minimum Gasteiger partial charge on any atom is -0.320 e.